The first-order valence-corrected chi connectivity index (χ1v) is 7.60. The fourth-order valence-electron chi connectivity index (χ4n) is 2.46. The molecule has 0 amide bonds. The van der Waals surface area contributed by atoms with E-state index >= 15 is 0 Å². The van der Waals surface area contributed by atoms with Crippen LogP contribution < -0.4 is 5.46 Å². The van der Waals surface area contributed by atoms with Crippen LogP contribution in [0.15, 0.2) is 28.8 Å². The Bertz CT molecular complexity index is 672. The summed E-state index contributed by atoms with van der Waals surface area (Å²) in [6, 6.07) is 8.09. The zero-order valence-corrected chi connectivity index (χ0v) is 14.1. The monoisotopic (exact) mass is 299 g/mol. The molecule has 0 unspecified atom stereocenters. The molecule has 1 saturated heterocycles. The third kappa shape index (κ3) is 2.38. The van der Waals surface area contributed by atoms with Crippen molar-refractivity contribution in [2.45, 2.75) is 52.7 Å². The Balaban J connectivity index is 1.86. The van der Waals surface area contributed by atoms with E-state index in [0.717, 1.165) is 28.0 Å². The molecule has 5 heteroatoms. The van der Waals surface area contributed by atoms with Crippen LogP contribution in [0.1, 0.15) is 39.0 Å². The van der Waals surface area contributed by atoms with Crippen LogP contribution in [0.4, 0.5) is 0 Å². The summed E-state index contributed by atoms with van der Waals surface area (Å²) in [7, 11) is -0.336. The van der Waals surface area contributed by atoms with Crippen LogP contribution in [-0.4, -0.2) is 23.5 Å². The molecule has 4 nitrogen and oxygen atoms in total. The average Bonchev–Trinajstić information content (AvgIpc) is 2.88. The van der Waals surface area contributed by atoms with Crippen molar-refractivity contribution in [2.24, 2.45) is 0 Å². The van der Waals surface area contributed by atoms with Crippen LogP contribution in [0.5, 0.6) is 0 Å². The minimum atomic E-state index is -0.336. The third-order valence-electron chi connectivity index (χ3n) is 4.86. The Morgan fingerprint density at radius 1 is 0.909 bits per heavy atom. The van der Waals surface area contributed by atoms with Gasteiger partial charge in [0.2, 0.25) is 0 Å². The normalized spacial score (nSPS) is 19.6. The summed E-state index contributed by atoms with van der Waals surface area (Å²) in [6.07, 6.45) is 0. The number of hydrogen-bond acceptors (Lipinski definition) is 4. The summed E-state index contributed by atoms with van der Waals surface area (Å²) in [5.74, 6) is 0.818. The highest BCUT2D eigenvalue weighted by Gasteiger charge is 2.51. The van der Waals surface area contributed by atoms with Gasteiger partial charge in [-0.3, -0.25) is 0 Å². The Morgan fingerprint density at radius 2 is 1.45 bits per heavy atom. The quantitative estimate of drug-likeness (QED) is 0.798. The maximum Gasteiger partial charge on any atom is 0.494 e. The molecule has 22 heavy (non-hydrogen) atoms. The summed E-state index contributed by atoms with van der Waals surface area (Å²) < 4.78 is 17.5. The number of benzene rings is 1. The van der Waals surface area contributed by atoms with Crippen molar-refractivity contribution in [3.63, 3.8) is 0 Å². The molecule has 0 spiro atoms. The van der Waals surface area contributed by atoms with Gasteiger partial charge in [0.05, 0.1) is 16.9 Å². The van der Waals surface area contributed by atoms with Crippen LogP contribution >= 0.6 is 0 Å². The van der Waals surface area contributed by atoms with E-state index in [0.29, 0.717) is 0 Å². The van der Waals surface area contributed by atoms with Gasteiger partial charge in [0, 0.05) is 11.1 Å². The number of aromatic nitrogens is 1. The minimum Gasteiger partial charge on any atom is -0.399 e. The SMILES string of the molecule is Cc1noc(-c2ccc(B3OC(C)(C)C(C)(C)O3)cc2)c1C. The largest absolute Gasteiger partial charge is 0.494 e. The van der Waals surface area contributed by atoms with Gasteiger partial charge in [0.15, 0.2) is 5.76 Å². The van der Waals surface area contributed by atoms with E-state index in [9.17, 15) is 0 Å². The van der Waals surface area contributed by atoms with Gasteiger partial charge in [-0.1, -0.05) is 29.4 Å². The topological polar surface area (TPSA) is 44.5 Å². The summed E-state index contributed by atoms with van der Waals surface area (Å²) >= 11 is 0. The molecule has 3 rings (SSSR count). The van der Waals surface area contributed by atoms with E-state index in [1.165, 1.54) is 0 Å². The van der Waals surface area contributed by atoms with Gasteiger partial charge >= 0.3 is 7.12 Å². The van der Waals surface area contributed by atoms with E-state index < -0.39 is 0 Å². The average molecular weight is 299 g/mol. The van der Waals surface area contributed by atoms with Crippen molar-refractivity contribution in [2.75, 3.05) is 0 Å². The molecular formula is C17H22BNO3. The summed E-state index contributed by atoms with van der Waals surface area (Å²) in [5, 5.41) is 4.01. The van der Waals surface area contributed by atoms with Gasteiger partial charge in [-0.15, -0.1) is 0 Å². The Hall–Kier alpha value is -1.59. The maximum absolute atomic E-state index is 6.07. The first-order chi connectivity index (χ1) is 10.2. The molecule has 0 saturated carbocycles. The lowest BCUT2D eigenvalue weighted by atomic mass is 9.78. The van der Waals surface area contributed by atoms with Gasteiger partial charge in [0.1, 0.15) is 0 Å². The Labute approximate surface area is 131 Å². The molecule has 0 N–H and O–H groups in total. The Kier molecular flexibility index (Phi) is 3.46. The smallest absolute Gasteiger partial charge is 0.399 e. The lowest BCUT2D eigenvalue weighted by Crippen LogP contribution is -2.41. The standard InChI is InChI=1S/C17H22BNO3/c1-11-12(2)19-20-15(11)13-7-9-14(10-8-13)18-21-16(3,4)17(5,6)22-18/h7-10H,1-6H3. The van der Waals surface area contributed by atoms with Crippen LogP contribution in [0.3, 0.4) is 0 Å². The highest BCUT2D eigenvalue weighted by atomic mass is 16.7. The zero-order chi connectivity index (χ0) is 16.1. The Morgan fingerprint density at radius 3 is 1.91 bits per heavy atom. The predicted molar refractivity (Wildman–Crippen MR) is 87.1 cm³/mol. The zero-order valence-electron chi connectivity index (χ0n) is 14.1. The molecule has 0 bridgehead atoms. The van der Waals surface area contributed by atoms with Crippen LogP contribution in [0, 0.1) is 13.8 Å². The van der Waals surface area contributed by atoms with Crippen LogP contribution in [0.2, 0.25) is 0 Å². The highest BCUT2D eigenvalue weighted by molar-refractivity contribution is 6.62. The fourth-order valence-corrected chi connectivity index (χ4v) is 2.46. The second kappa shape index (κ2) is 4.96. The predicted octanol–water partition coefficient (Wildman–Crippen LogP) is 3.26. The van der Waals surface area contributed by atoms with Crippen molar-refractivity contribution in [3.05, 3.63) is 35.5 Å². The molecule has 2 heterocycles. The molecule has 2 aromatic rings. The molecule has 1 aromatic heterocycles. The molecule has 1 aliphatic rings. The molecule has 0 aliphatic carbocycles. The van der Waals surface area contributed by atoms with E-state index in [-0.39, 0.29) is 18.3 Å². The van der Waals surface area contributed by atoms with E-state index in [1.54, 1.807) is 0 Å². The van der Waals surface area contributed by atoms with E-state index in [1.807, 2.05) is 38.1 Å². The number of rotatable bonds is 2. The number of aryl methyl sites for hydroxylation is 1. The van der Waals surface area contributed by atoms with Crippen LogP contribution in [-0.2, 0) is 9.31 Å². The lowest BCUT2D eigenvalue weighted by Gasteiger charge is -2.32. The van der Waals surface area contributed by atoms with Gasteiger partial charge in [-0.05, 0) is 47.0 Å². The molecule has 1 aromatic carbocycles. The highest BCUT2D eigenvalue weighted by Crippen LogP contribution is 2.36. The van der Waals surface area contributed by atoms with Crippen molar-refractivity contribution < 1.29 is 13.8 Å². The van der Waals surface area contributed by atoms with Crippen molar-refractivity contribution in [3.8, 4) is 11.3 Å². The first-order valence-electron chi connectivity index (χ1n) is 7.60. The van der Waals surface area contributed by atoms with E-state index in [4.69, 9.17) is 13.8 Å². The molecule has 1 aliphatic heterocycles. The molecular weight excluding hydrogens is 277 g/mol. The number of hydrogen-bond donors (Lipinski definition) is 0. The summed E-state index contributed by atoms with van der Waals surface area (Å²) in [6.45, 7) is 12.2. The second-order valence-corrected chi connectivity index (χ2v) is 6.93. The summed E-state index contributed by atoms with van der Waals surface area (Å²) in [5.41, 5.74) is 3.37. The van der Waals surface area contributed by atoms with Crippen LogP contribution in [0.25, 0.3) is 11.3 Å². The summed E-state index contributed by atoms with van der Waals surface area (Å²) in [4.78, 5) is 0. The second-order valence-electron chi connectivity index (χ2n) is 6.93. The van der Waals surface area contributed by atoms with Gasteiger partial charge in [-0.2, -0.15) is 0 Å². The van der Waals surface area contributed by atoms with E-state index in [2.05, 4.69) is 32.9 Å². The molecule has 1 fully saturated rings. The van der Waals surface area contributed by atoms with Gasteiger partial charge in [-0.25, -0.2) is 0 Å². The molecule has 116 valence electrons. The third-order valence-corrected chi connectivity index (χ3v) is 4.86. The minimum absolute atomic E-state index is 0.324. The number of nitrogens with zero attached hydrogens (tertiary/aromatic N) is 1. The van der Waals surface area contributed by atoms with Crippen molar-refractivity contribution >= 4 is 12.6 Å². The van der Waals surface area contributed by atoms with Crippen molar-refractivity contribution in [1.82, 2.24) is 5.16 Å². The first kappa shape index (κ1) is 15.3. The lowest BCUT2D eigenvalue weighted by molar-refractivity contribution is 0.00578. The maximum atomic E-state index is 6.07. The molecule has 0 atom stereocenters. The molecule has 0 radical (unpaired) electrons. The van der Waals surface area contributed by atoms with Crippen molar-refractivity contribution in [1.29, 1.82) is 0 Å². The van der Waals surface area contributed by atoms with Gasteiger partial charge in [0.25, 0.3) is 0 Å². The fraction of sp³-hybridized carbons (Fsp3) is 0.471. The van der Waals surface area contributed by atoms with Gasteiger partial charge < -0.3 is 13.8 Å².